The van der Waals surface area contributed by atoms with Gasteiger partial charge in [-0.05, 0) is 46.9 Å². The van der Waals surface area contributed by atoms with Crippen LogP contribution >= 0.6 is 34.2 Å². The number of rotatable bonds is 2. The molecule has 4 nitrogen and oxygen atoms in total. The zero-order valence-electron chi connectivity index (χ0n) is 9.99. The zero-order chi connectivity index (χ0) is 14.3. The highest BCUT2D eigenvalue weighted by Crippen LogP contribution is 2.27. The van der Waals surface area contributed by atoms with Gasteiger partial charge in [-0.15, -0.1) is 0 Å². The van der Waals surface area contributed by atoms with E-state index in [2.05, 4.69) is 27.7 Å². The molecule has 0 amide bonds. The molecule has 0 unspecified atom stereocenters. The summed E-state index contributed by atoms with van der Waals surface area (Å²) in [6.45, 7) is 0. The molecule has 0 aliphatic carbocycles. The number of benzene rings is 2. The van der Waals surface area contributed by atoms with Crippen LogP contribution in [-0.4, -0.2) is 17.6 Å². The van der Waals surface area contributed by atoms with E-state index < -0.39 is 10.0 Å². The van der Waals surface area contributed by atoms with Crippen molar-refractivity contribution in [3.63, 3.8) is 0 Å². The molecule has 1 aromatic heterocycles. The molecular weight excluding hydrogens is 411 g/mol. The van der Waals surface area contributed by atoms with Crippen molar-refractivity contribution >= 4 is 55.1 Å². The SMILES string of the molecule is O=S(=O)(c1ccccc1)n1ncc2c(I)cc(Cl)cc21. The van der Waals surface area contributed by atoms with Crippen molar-refractivity contribution in [2.24, 2.45) is 0 Å². The van der Waals surface area contributed by atoms with Crippen LogP contribution in [0.4, 0.5) is 0 Å². The molecule has 1 heterocycles. The second-order valence-corrected chi connectivity index (χ2v) is 7.49. The van der Waals surface area contributed by atoms with Crippen LogP contribution in [0, 0.1) is 3.57 Å². The Balaban J connectivity index is 2.31. The Morgan fingerprint density at radius 1 is 1.15 bits per heavy atom. The van der Waals surface area contributed by atoms with Gasteiger partial charge in [0.1, 0.15) is 0 Å². The van der Waals surface area contributed by atoms with Gasteiger partial charge < -0.3 is 0 Å². The predicted molar refractivity (Wildman–Crippen MR) is 86.5 cm³/mol. The van der Waals surface area contributed by atoms with Crippen molar-refractivity contribution in [1.29, 1.82) is 0 Å². The number of aromatic nitrogens is 2. The monoisotopic (exact) mass is 418 g/mol. The summed E-state index contributed by atoms with van der Waals surface area (Å²) in [6, 6.07) is 11.6. The molecule has 2 aromatic carbocycles. The van der Waals surface area contributed by atoms with Crippen molar-refractivity contribution in [1.82, 2.24) is 9.19 Å². The van der Waals surface area contributed by atoms with Crippen LogP contribution in [0.2, 0.25) is 5.02 Å². The van der Waals surface area contributed by atoms with E-state index in [1.54, 1.807) is 42.5 Å². The van der Waals surface area contributed by atoms with Gasteiger partial charge in [-0.1, -0.05) is 29.8 Å². The average molecular weight is 419 g/mol. The maximum Gasteiger partial charge on any atom is 0.283 e. The molecule has 0 bridgehead atoms. The first-order valence-electron chi connectivity index (χ1n) is 5.63. The van der Waals surface area contributed by atoms with E-state index in [9.17, 15) is 8.42 Å². The number of fused-ring (bicyclic) bond motifs is 1. The van der Waals surface area contributed by atoms with Gasteiger partial charge in [0.2, 0.25) is 0 Å². The van der Waals surface area contributed by atoms with Crippen LogP contribution in [0.25, 0.3) is 10.9 Å². The Labute approximate surface area is 134 Å². The van der Waals surface area contributed by atoms with Crippen LogP contribution in [-0.2, 0) is 10.0 Å². The number of hydrogen-bond donors (Lipinski definition) is 0. The van der Waals surface area contributed by atoms with Gasteiger partial charge in [0.05, 0.1) is 16.6 Å². The van der Waals surface area contributed by atoms with Crippen LogP contribution < -0.4 is 0 Å². The summed E-state index contributed by atoms with van der Waals surface area (Å²) in [5.41, 5.74) is 0.478. The molecular formula is C13H8ClIN2O2S. The van der Waals surface area contributed by atoms with Gasteiger partial charge in [0, 0.05) is 14.0 Å². The number of hydrogen-bond acceptors (Lipinski definition) is 3. The molecule has 0 radical (unpaired) electrons. The summed E-state index contributed by atoms with van der Waals surface area (Å²) in [5, 5.41) is 5.25. The molecule has 0 atom stereocenters. The summed E-state index contributed by atoms with van der Waals surface area (Å²) < 4.78 is 27.1. The van der Waals surface area contributed by atoms with E-state index in [0.717, 1.165) is 13.0 Å². The van der Waals surface area contributed by atoms with Crippen molar-refractivity contribution in [2.75, 3.05) is 0 Å². The van der Waals surface area contributed by atoms with Crippen molar-refractivity contribution in [2.45, 2.75) is 4.90 Å². The minimum absolute atomic E-state index is 0.194. The fraction of sp³-hybridized carbons (Fsp3) is 0. The lowest BCUT2D eigenvalue weighted by molar-refractivity contribution is 0.582. The minimum Gasteiger partial charge on any atom is -0.199 e. The lowest BCUT2D eigenvalue weighted by atomic mass is 10.3. The lowest BCUT2D eigenvalue weighted by Gasteiger charge is -2.06. The average Bonchev–Trinajstić information content (AvgIpc) is 2.84. The Morgan fingerprint density at radius 2 is 1.85 bits per heavy atom. The summed E-state index contributed by atoms with van der Waals surface area (Å²) >= 11 is 8.12. The van der Waals surface area contributed by atoms with Crippen molar-refractivity contribution in [3.05, 3.63) is 57.3 Å². The third-order valence-electron chi connectivity index (χ3n) is 2.84. The van der Waals surface area contributed by atoms with Gasteiger partial charge in [-0.25, -0.2) is 0 Å². The van der Waals surface area contributed by atoms with Gasteiger partial charge in [0.15, 0.2) is 0 Å². The standard InChI is InChI=1S/C13H8ClIN2O2S/c14-9-6-12(15)11-8-16-17(13(11)7-9)20(18,19)10-4-2-1-3-5-10/h1-8H. The molecule has 0 spiro atoms. The van der Waals surface area contributed by atoms with Crippen LogP contribution in [0.5, 0.6) is 0 Å². The van der Waals surface area contributed by atoms with Crippen molar-refractivity contribution < 1.29 is 8.42 Å². The van der Waals surface area contributed by atoms with Gasteiger partial charge >= 0.3 is 0 Å². The van der Waals surface area contributed by atoms with E-state index in [-0.39, 0.29) is 4.90 Å². The van der Waals surface area contributed by atoms with E-state index in [4.69, 9.17) is 11.6 Å². The van der Waals surface area contributed by atoms with Crippen LogP contribution in [0.3, 0.4) is 0 Å². The molecule has 102 valence electrons. The Hall–Kier alpha value is -1.12. The second kappa shape index (κ2) is 5.01. The Bertz CT molecular complexity index is 891. The first-order valence-corrected chi connectivity index (χ1v) is 8.53. The van der Waals surface area contributed by atoms with Gasteiger partial charge in [-0.2, -0.15) is 17.6 Å². The summed E-state index contributed by atoms with van der Waals surface area (Å²) in [6.07, 6.45) is 1.54. The quantitative estimate of drug-likeness (QED) is 0.598. The third kappa shape index (κ3) is 2.21. The number of halogens is 2. The topological polar surface area (TPSA) is 52.0 Å². The van der Waals surface area contributed by atoms with Crippen molar-refractivity contribution in [3.8, 4) is 0 Å². The Morgan fingerprint density at radius 3 is 2.55 bits per heavy atom. The van der Waals surface area contributed by atoms with Gasteiger partial charge in [-0.3, -0.25) is 0 Å². The fourth-order valence-corrected chi connectivity index (χ4v) is 4.34. The summed E-state index contributed by atoms with van der Waals surface area (Å²) in [7, 11) is -3.71. The number of nitrogens with zero attached hydrogens (tertiary/aromatic N) is 2. The molecule has 0 saturated heterocycles. The molecule has 0 saturated carbocycles. The van der Waals surface area contributed by atoms with Crippen LogP contribution in [0.15, 0.2) is 53.6 Å². The van der Waals surface area contributed by atoms with E-state index in [1.807, 2.05) is 0 Å². The minimum atomic E-state index is -3.71. The van der Waals surface area contributed by atoms with E-state index >= 15 is 0 Å². The fourth-order valence-electron chi connectivity index (χ4n) is 1.91. The molecule has 0 aliphatic heterocycles. The molecule has 0 fully saturated rings. The molecule has 0 N–H and O–H groups in total. The summed E-state index contributed by atoms with van der Waals surface area (Å²) in [4.78, 5) is 0.194. The lowest BCUT2D eigenvalue weighted by Crippen LogP contribution is -2.14. The predicted octanol–water partition coefficient (Wildman–Crippen LogP) is 3.53. The highest BCUT2D eigenvalue weighted by molar-refractivity contribution is 14.1. The molecule has 3 rings (SSSR count). The van der Waals surface area contributed by atoms with E-state index in [1.165, 1.54) is 6.20 Å². The smallest absolute Gasteiger partial charge is 0.199 e. The maximum atomic E-state index is 12.6. The first kappa shape index (κ1) is 13.8. The largest absolute Gasteiger partial charge is 0.283 e. The normalized spacial score (nSPS) is 11.9. The zero-order valence-corrected chi connectivity index (χ0v) is 13.7. The molecule has 20 heavy (non-hydrogen) atoms. The maximum absolute atomic E-state index is 12.6. The highest BCUT2D eigenvalue weighted by atomic mass is 127. The molecule has 0 aliphatic rings. The van der Waals surface area contributed by atoms with Crippen LogP contribution in [0.1, 0.15) is 0 Å². The molecule has 7 heteroatoms. The third-order valence-corrected chi connectivity index (χ3v) is 5.56. The summed E-state index contributed by atoms with van der Waals surface area (Å²) in [5.74, 6) is 0. The highest BCUT2D eigenvalue weighted by Gasteiger charge is 2.21. The van der Waals surface area contributed by atoms with E-state index in [0.29, 0.717) is 10.5 Å². The Kier molecular flexibility index (Phi) is 3.47. The first-order chi connectivity index (χ1) is 9.50. The van der Waals surface area contributed by atoms with Gasteiger partial charge in [0.25, 0.3) is 10.0 Å². The molecule has 3 aromatic rings. The second-order valence-electron chi connectivity index (χ2n) is 4.13.